The van der Waals surface area contributed by atoms with Crippen LogP contribution in [0.15, 0.2) is 0 Å². The third-order valence-electron chi connectivity index (χ3n) is 3.84. The van der Waals surface area contributed by atoms with Crippen molar-refractivity contribution in [3.8, 4) is 0 Å². The zero-order valence-corrected chi connectivity index (χ0v) is 10.9. The second-order valence-corrected chi connectivity index (χ2v) is 5.19. The molecule has 1 saturated heterocycles. The summed E-state index contributed by atoms with van der Waals surface area (Å²) in [5.74, 6) is 0.434. The van der Waals surface area contributed by atoms with E-state index < -0.39 is 0 Å². The molecule has 1 aliphatic carbocycles. The molecule has 0 radical (unpaired) electrons. The molecule has 2 aliphatic rings. The SMILES string of the molecule is CCN(CCNC(=O)[C@H]1CCCNC1)C1CC1. The highest BCUT2D eigenvalue weighted by Crippen LogP contribution is 2.25. The van der Waals surface area contributed by atoms with E-state index in [9.17, 15) is 4.79 Å². The molecule has 0 aromatic heterocycles. The molecule has 1 amide bonds. The van der Waals surface area contributed by atoms with E-state index in [1.54, 1.807) is 0 Å². The van der Waals surface area contributed by atoms with Crippen molar-refractivity contribution in [2.75, 3.05) is 32.7 Å². The smallest absolute Gasteiger partial charge is 0.224 e. The Morgan fingerprint density at radius 3 is 2.82 bits per heavy atom. The van der Waals surface area contributed by atoms with Gasteiger partial charge in [0.2, 0.25) is 5.91 Å². The number of nitrogens with one attached hydrogen (secondary N) is 2. The average Bonchev–Trinajstić information content (AvgIpc) is 3.20. The second-order valence-electron chi connectivity index (χ2n) is 5.19. The van der Waals surface area contributed by atoms with Crippen molar-refractivity contribution in [2.24, 2.45) is 5.92 Å². The third-order valence-corrected chi connectivity index (χ3v) is 3.84. The lowest BCUT2D eigenvalue weighted by molar-refractivity contribution is -0.125. The highest BCUT2D eigenvalue weighted by Gasteiger charge is 2.27. The van der Waals surface area contributed by atoms with Gasteiger partial charge in [-0.2, -0.15) is 0 Å². The van der Waals surface area contributed by atoms with Gasteiger partial charge in [0.1, 0.15) is 0 Å². The van der Waals surface area contributed by atoms with Gasteiger partial charge in [-0.25, -0.2) is 0 Å². The summed E-state index contributed by atoms with van der Waals surface area (Å²) >= 11 is 0. The molecule has 0 aromatic rings. The second kappa shape index (κ2) is 6.36. The molecule has 4 nitrogen and oxygen atoms in total. The fraction of sp³-hybridized carbons (Fsp3) is 0.923. The first-order valence-corrected chi connectivity index (χ1v) is 7.03. The molecule has 0 bridgehead atoms. The molecular formula is C13H25N3O. The zero-order valence-electron chi connectivity index (χ0n) is 10.9. The van der Waals surface area contributed by atoms with Gasteiger partial charge < -0.3 is 10.6 Å². The summed E-state index contributed by atoms with van der Waals surface area (Å²) in [6, 6.07) is 0.799. The van der Waals surface area contributed by atoms with Crippen LogP contribution in [0.3, 0.4) is 0 Å². The van der Waals surface area contributed by atoms with Crippen LogP contribution in [0.5, 0.6) is 0 Å². The minimum atomic E-state index is 0.194. The van der Waals surface area contributed by atoms with Gasteiger partial charge in [0.15, 0.2) is 0 Å². The molecule has 0 spiro atoms. The van der Waals surface area contributed by atoms with Gasteiger partial charge >= 0.3 is 0 Å². The standard InChI is InChI=1S/C13H25N3O/c1-2-16(12-5-6-12)9-8-15-13(17)11-4-3-7-14-10-11/h11-12,14H,2-10H2,1H3,(H,15,17)/t11-/m0/s1. The van der Waals surface area contributed by atoms with Crippen LogP contribution in [0.25, 0.3) is 0 Å². The van der Waals surface area contributed by atoms with Crippen LogP contribution in [0.4, 0.5) is 0 Å². The molecule has 1 saturated carbocycles. The summed E-state index contributed by atoms with van der Waals surface area (Å²) in [6.07, 6.45) is 4.85. The molecule has 98 valence electrons. The normalized spacial score (nSPS) is 24.9. The first-order valence-electron chi connectivity index (χ1n) is 7.03. The maximum atomic E-state index is 11.9. The van der Waals surface area contributed by atoms with Crippen molar-refractivity contribution in [3.63, 3.8) is 0 Å². The Hall–Kier alpha value is -0.610. The molecule has 0 unspecified atom stereocenters. The molecule has 2 N–H and O–H groups in total. The Bertz CT molecular complexity index is 247. The van der Waals surface area contributed by atoms with Crippen molar-refractivity contribution in [2.45, 2.75) is 38.6 Å². The Balaban J connectivity index is 1.61. The van der Waals surface area contributed by atoms with E-state index in [0.717, 1.165) is 51.6 Å². The monoisotopic (exact) mass is 239 g/mol. The topological polar surface area (TPSA) is 44.4 Å². The predicted molar refractivity (Wildman–Crippen MR) is 68.9 cm³/mol. The van der Waals surface area contributed by atoms with Gasteiger partial charge in [0, 0.05) is 25.7 Å². The van der Waals surface area contributed by atoms with E-state index >= 15 is 0 Å². The van der Waals surface area contributed by atoms with E-state index in [-0.39, 0.29) is 11.8 Å². The lowest BCUT2D eigenvalue weighted by atomic mass is 9.99. The number of nitrogens with zero attached hydrogens (tertiary/aromatic N) is 1. The Labute approximate surface area is 104 Å². The minimum Gasteiger partial charge on any atom is -0.355 e. The molecule has 0 aromatic carbocycles. The third kappa shape index (κ3) is 3.96. The Morgan fingerprint density at radius 1 is 1.41 bits per heavy atom. The van der Waals surface area contributed by atoms with Gasteiger partial charge in [-0.15, -0.1) is 0 Å². The van der Waals surface area contributed by atoms with Crippen LogP contribution < -0.4 is 10.6 Å². The highest BCUT2D eigenvalue weighted by atomic mass is 16.1. The van der Waals surface area contributed by atoms with Crippen LogP contribution >= 0.6 is 0 Å². The van der Waals surface area contributed by atoms with Crippen molar-refractivity contribution in [3.05, 3.63) is 0 Å². The predicted octanol–water partition coefficient (Wildman–Crippen LogP) is 0.587. The number of rotatable bonds is 6. The number of carbonyl (C=O) groups excluding carboxylic acids is 1. The van der Waals surface area contributed by atoms with Crippen molar-refractivity contribution in [1.82, 2.24) is 15.5 Å². The summed E-state index contributed by atoms with van der Waals surface area (Å²) in [5.41, 5.74) is 0. The summed E-state index contributed by atoms with van der Waals surface area (Å²) in [5, 5.41) is 6.36. The van der Waals surface area contributed by atoms with E-state index in [4.69, 9.17) is 0 Å². The van der Waals surface area contributed by atoms with E-state index in [1.807, 2.05) is 0 Å². The van der Waals surface area contributed by atoms with Crippen molar-refractivity contribution < 1.29 is 4.79 Å². The van der Waals surface area contributed by atoms with Crippen LogP contribution in [0, 0.1) is 5.92 Å². The first kappa shape index (κ1) is 12.8. The lowest BCUT2D eigenvalue weighted by Gasteiger charge is -2.23. The molecule has 1 aliphatic heterocycles. The zero-order chi connectivity index (χ0) is 12.1. The quantitative estimate of drug-likeness (QED) is 0.713. The van der Waals surface area contributed by atoms with Crippen molar-refractivity contribution >= 4 is 5.91 Å². The fourth-order valence-corrected chi connectivity index (χ4v) is 2.58. The minimum absolute atomic E-state index is 0.194. The summed E-state index contributed by atoms with van der Waals surface area (Å²) in [6.45, 7) is 7.03. The molecule has 4 heteroatoms. The maximum Gasteiger partial charge on any atom is 0.224 e. The Morgan fingerprint density at radius 2 is 2.24 bits per heavy atom. The summed E-state index contributed by atoms with van der Waals surface area (Å²) < 4.78 is 0. The maximum absolute atomic E-state index is 11.9. The van der Waals surface area contributed by atoms with Gasteiger partial charge in [0.25, 0.3) is 0 Å². The molecule has 1 heterocycles. The number of amides is 1. The fourth-order valence-electron chi connectivity index (χ4n) is 2.58. The van der Waals surface area contributed by atoms with Crippen LogP contribution in [-0.2, 0) is 4.79 Å². The van der Waals surface area contributed by atoms with Crippen LogP contribution in [0.1, 0.15) is 32.6 Å². The van der Waals surface area contributed by atoms with E-state index in [1.165, 1.54) is 12.8 Å². The molecular weight excluding hydrogens is 214 g/mol. The molecule has 2 rings (SSSR count). The number of piperidine rings is 1. The number of carbonyl (C=O) groups is 1. The van der Waals surface area contributed by atoms with E-state index in [0.29, 0.717) is 0 Å². The Kier molecular flexibility index (Phi) is 4.80. The van der Waals surface area contributed by atoms with Gasteiger partial charge in [-0.1, -0.05) is 6.92 Å². The van der Waals surface area contributed by atoms with Gasteiger partial charge in [-0.3, -0.25) is 9.69 Å². The van der Waals surface area contributed by atoms with Crippen molar-refractivity contribution in [1.29, 1.82) is 0 Å². The largest absolute Gasteiger partial charge is 0.355 e. The summed E-state index contributed by atoms with van der Waals surface area (Å²) in [7, 11) is 0. The summed E-state index contributed by atoms with van der Waals surface area (Å²) in [4.78, 5) is 14.4. The highest BCUT2D eigenvalue weighted by molar-refractivity contribution is 5.78. The van der Waals surface area contributed by atoms with E-state index in [2.05, 4.69) is 22.5 Å². The first-order chi connectivity index (χ1) is 8.31. The number of hydrogen-bond donors (Lipinski definition) is 2. The molecule has 17 heavy (non-hydrogen) atoms. The van der Waals surface area contributed by atoms with Gasteiger partial charge in [-0.05, 0) is 38.8 Å². The molecule has 1 atom stereocenters. The average molecular weight is 239 g/mol. The van der Waals surface area contributed by atoms with Gasteiger partial charge in [0.05, 0.1) is 5.92 Å². The van der Waals surface area contributed by atoms with Crippen LogP contribution in [0.2, 0.25) is 0 Å². The molecule has 2 fully saturated rings. The number of likely N-dealkylation sites (N-methyl/N-ethyl adjacent to an activating group) is 1. The number of hydrogen-bond acceptors (Lipinski definition) is 3. The lowest BCUT2D eigenvalue weighted by Crippen LogP contribution is -2.43. The van der Waals surface area contributed by atoms with Crippen LogP contribution in [-0.4, -0.2) is 49.6 Å².